The van der Waals surface area contributed by atoms with Crippen LogP contribution in [-0.2, 0) is 29.0 Å². The van der Waals surface area contributed by atoms with E-state index in [-0.39, 0.29) is 30.9 Å². The molecule has 1 fully saturated rings. The first kappa shape index (κ1) is 19.7. The lowest BCUT2D eigenvalue weighted by molar-refractivity contribution is -0.102. The van der Waals surface area contributed by atoms with Gasteiger partial charge in [-0.1, -0.05) is 5.16 Å². The Morgan fingerprint density at radius 3 is 2.94 bits per heavy atom. The minimum atomic E-state index is -0.328. The van der Waals surface area contributed by atoms with Crippen LogP contribution in [0.3, 0.4) is 0 Å². The molecule has 31 heavy (non-hydrogen) atoms. The molecule has 1 atom stereocenters. The number of nitrogens with zero attached hydrogens (tertiary/aromatic N) is 4. The van der Waals surface area contributed by atoms with Crippen LogP contribution in [0.15, 0.2) is 33.6 Å². The summed E-state index contributed by atoms with van der Waals surface area (Å²) in [5.41, 5.74) is 2.48. The predicted molar refractivity (Wildman–Crippen MR) is 107 cm³/mol. The SMILES string of the molecule is Cc1noc(COc2ccc3c(c2)CCn2c-3cc(OCC3COCCO3)nc2=O)n1. The van der Waals surface area contributed by atoms with Gasteiger partial charge in [0.05, 0.1) is 25.5 Å². The van der Waals surface area contributed by atoms with E-state index in [4.69, 9.17) is 23.5 Å². The Kier molecular flexibility index (Phi) is 5.39. The third kappa shape index (κ3) is 4.30. The lowest BCUT2D eigenvalue weighted by Gasteiger charge is -2.24. The fourth-order valence-corrected chi connectivity index (χ4v) is 3.70. The molecule has 2 aromatic heterocycles. The molecule has 162 valence electrons. The van der Waals surface area contributed by atoms with E-state index in [0.29, 0.717) is 50.3 Å². The summed E-state index contributed by atoms with van der Waals surface area (Å²) in [5.74, 6) is 1.98. The first-order chi connectivity index (χ1) is 15.2. The van der Waals surface area contributed by atoms with Gasteiger partial charge in [0.2, 0.25) is 5.88 Å². The highest BCUT2D eigenvalue weighted by Gasteiger charge is 2.21. The molecule has 3 aromatic rings. The maximum Gasteiger partial charge on any atom is 0.351 e. The van der Waals surface area contributed by atoms with Crippen LogP contribution in [-0.4, -0.2) is 52.2 Å². The quantitative estimate of drug-likeness (QED) is 0.579. The molecule has 0 radical (unpaired) electrons. The average molecular weight is 426 g/mol. The van der Waals surface area contributed by atoms with Crippen molar-refractivity contribution in [3.63, 3.8) is 0 Å². The molecule has 0 N–H and O–H groups in total. The van der Waals surface area contributed by atoms with Crippen molar-refractivity contribution in [1.29, 1.82) is 0 Å². The molecular formula is C21H22N4O6. The zero-order valence-corrected chi connectivity index (χ0v) is 17.1. The van der Waals surface area contributed by atoms with Crippen molar-refractivity contribution in [3.8, 4) is 22.9 Å². The normalized spacial score (nSPS) is 17.6. The van der Waals surface area contributed by atoms with Gasteiger partial charge in [-0.3, -0.25) is 4.57 Å². The third-order valence-electron chi connectivity index (χ3n) is 5.18. The van der Waals surface area contributed by atoms with Gasteiger partial charge in [-0.2, -0.15) is 9.97 Å². The number of rotatable bonds is 6. The van der Waals surface area contributed by atoms with Crippen LogP contribution in [0.2, 0.25) is 0 Å². The van der Waals surface area contributed by atoms with Gasteiger partial charge in [-0.25, -0.2) is 4.79 Å². The highest BCUT2D eigenvalue weighted by atomic mass is 16.6. The Balaban J connectivity index is 1.34. The number of ether oxygens (including phenoxy) is 4. The Hall–Kier alpha value is -3.24. The van der Waals surface area contributed by atoms with Crippen LogP contribution >= 0.6 is 0 Å². The minimum Gasteiger partial charge on any atom is -0.484 e. The molecule has 10 heteroatoms. The molecule has 4 heterocycles. The standard InChI is InChI=1S/C21H22N4O6/c1-13-22-20(31-24-13)12-29-15-2-3-17-14(8-15)4-5-25-18(17)9-19(23-21(25)26)30-11-16-10-27-6-7-28-16/h2-3,8-9,16H,4-7,10-12H2,1H3. The van der Waals surface area contributed by atoms with Crippen LogP contribution in [0.1, 0.15) is 17.3 Å². The average Bonchev–Trinajstić information content (AvgIpc) is 3.22. The zero-order chi connectivity index (χ0) is 21.2. The highest BCUT2D eigenvalue weighted by Crippen LogP contribution is 2.32. The fraction of sp³-hybridized carbons (Fsp3) is 0.429. The summed E-state index contributed by atoms with van der Waals surface area (Å²) in [4.78, 5) is 20.7. The van der Waals surface area contributed by atoms with Crippen LogP contribution < -0.4 is 15.2 Å². The third-order valence-corrected chi connectivity index (χ3v) is 5.18. The largest absolute Gasteiger partial charge is 0.484 e. The van der Waals surface area contributed by atoms with Gasteiger partial charge in [0.25, 0.3) is 5.89 Å². The topological polar surface area (TPSA) is 111 Å². The molecule has 5 rings (SSSR count). The number of aromatic nitrogens is 4. The highest BCUT2D eigenvalue weighted by molar-refractivity contribution is 5.67. The maximum atomic E-state index is 12.5. The van der Waals surface area contributed by atoms with Crippen molar-refractivity contribution < 1.29 is 23.5 Å². The summed E-state index contributed by atoms with van der Waals surface area (Å²) in [6, 6.07) is 7.57. The van der Waals surface area contributed by atoms with Gasteiger partial charge in [0.1, 0.15) is 18.5 Å². The molecular weight excluding hydrogens is 404 g/mol. The van der Waals surface area contributed by atoms with E-state index in [1.54, 1.807) is 17.6 Å². The smallest absolute Gasteiger partial charge is 0.351 e. The van der Waals surface area contributed by atoms with Crippen molar-refractivity contribution in [2.75, 3.05) is 26.4 Å². The molecule has 1 aromatic carbocycles. The summed E-state index contributed by atoms with van der Waals surface area (Å²) in [7, 11) is 0. The van der Waals surface area contributed by atoms with E-state index in [0.717, 1.165) is 16.8 Å². The van der Waals surface area contributed by atoms with Crippen LogP contribution in [0.4, 0.5) is 0 Å². The number of fused-ring (bicyclic) bond motifs is 3. The first-order valence-corrected chi connectivity index (χ1v) is 10.1. The van der Waals surface area contributed by atoms with E-state index >= 15 is 0 Å². The van der Waals surface area contributed by atoms with Gasteiger partial charge >= 0.3 is 5.69 Å². The molecule has 0 spiro atoms. The molecule has 1 saturated heterocycles. The molecule has 0 saturated carbocycles. The second kappa shape index (κ2) is 8.48. The number of benzene rings is 1. The summed E-state index contributed by atoms with van der Waals surface area (Å²) in [6.07, 6.45) is 0.540. The Bertz CT molecular complexity index is 1140. The molecule has 0 aliphatic carbocycles. The second-order valence-electron chi connectivity index (χ2n) is 7.39. The Labute approximate surface area is 177 Å². The van der Waals surface area contributed by atoms with E-state index < -0.39 is 0 Å². The molecule has 0 amide bonds. The van der Waals surface area contributed by atoms with Crippen LogP contribution in [0.5, 0.6) is 11.6 Å². The predicted octanol–water partition coefficient (Wildman–Crippen LogP) is 1.53. The first-order valence-electron chi connectivity index (χ1n) is 10.1. The van der Waals surface area contributed by atoms with Gasteiger partial charge < -0.3 is 23.5 Å². The maximum absolute atomic E-state index is 12.5. The van der Waals surface area contributed by atoms with E-state index in [9.17, 15) is 4.79 Å². The summed E-state index contributed by atoms with van der Waals surface area (Å²) < 4.78 is 29.2. The second-order valence-corrected chi connectivity index (χ2v) is 7.39. The van der Waals surface area contributed by atoms with E-state index in [1.165, 1.54) is 0 Å². The Morgan fingerprint density at radius 1 is 1.19 bits per heavy atom. The molecule has 2 aliphatic heterocycles. The fourth-order valence-electron chi connectivity index (χ4n) is 3.70. The van der Waals surface area contributed by atoms with Gasteiger partial charge in [-0.05, 0) is 37.1 Å². The van der Waals surface area contributed by atoms with Crippen LogP contribution in [0.25, 0.3) is 11.3 Å². The zero-order valence-electron chi connectivity index (χ0n) is 17.1. The van der Waals surface area contributed by atoms with Gasteiger partial charge in [-0.15, -0.1) is 0 Å². The Morgan fingerprint density at radius 2 is 2.13 bits per heavy atom. The monoisotopic (exact) mass is 426 g/mol. The lowest BCUT2D eigenvalue weighted by Crippen LogP contribution is -2.34. The van der Waals surface area contributed by atoms with E-state index in [2.05, 4.69) is 15.1 Å². The molecule has 2 aliphatic rings. The summed E-state index contributed by atoms with van der Waals surface area (Å²) >= 11 is 0. The van der Waals surface area contributed by atoms with Crippen molar-refractivity contribution >= 4 is 0 Å². The molecule has 0 bridgehead atoms. The van der Waals surface area contributed by atoms with Gasteiger partial charge in [0, 0.05) is 18.2 Å². The van der Waals surface area contributed by atoms with Crippen molar-refractivity contribution in [3.05, 3.63) is 52.0 Å². The summed E-state index contributed by atoms with van der Waals surface area (Å²) in [6.45, 7) is 4.38. The molecule has 10 nitrogen and oxygen atoms in total. The molecule has 1 unspecified atom stereocenters. The van der Waals surface area contributed by atoms with Crippen molar-refractivity contribution in [1.82, 2.24) is 19.7 Å². The lowest BCUT2D eigenvalue weighted by atomic mass is 9.97. The number of hydrogen-bond acceptors (Lipinski definition) is 9. The van der Waals surface area contributed by atoms with Crippen LogP contribution in [0, 0.1) is 6.92 Å². The summed E-state index contributed by atoms with van der Waals surface area (Å²) in [5, 5.41) is 3.75. The minimum absolute atomic E-state index is 0.163. The number of aryl methyl sites for hydroxylation is 2. The van der Waals surface area contributed by atoms with Crippen molar-refractivity contribution in [2.45, 2.75) is 32.6 Å². The number of hydrogen-bond donors (Lipinski definition) is 0. The van der Waals surface area contributed by atoms with Crippen molar-refractivity contribution in [2.24, 2.45) is 0 Å². The van der Waals surface area contributed by atoms with Gasteiger partial charge in [0.15, 0.2) is 12.4 Å². The van der Waals surface area contributed by atoms with E-state index in [1.807, 2.05) is 18.2 Å².